The second kappa shape index (κ2) is 3.50. The minimum atomic E-state index is 0.756. The molecule has 72 valence electrons. The van der Waals surface area contributed by atoms with Gasteiger partial charge >= 0.3 is 0 Å². The van der Waals surface area contributed by atoms with E-state index in [1.54, 1.807) is 0 Å². The Bertz CT molecular complexity index is 286. The quantitative estimate of drug-likeness (QED) is 0.754. The number of nitrogens with zero attached hydrogens (tertiary/aromatic N) is 2. The van der Waals surface area contributed by atoms with Gasteiger partial charge in [-0.2, -0.15) is 0 Å². The minimum absolute atomic E-state index is 0.756. The Kier molecular flexibility index (Phi) is 2.36. The van der Waals surface area contributed by atoms with Crippen molar-refractivity contribution in [2.45, 2.75) is 31.6 Å². The second-order valence-electron chi connectivity index (χ2n) is 3.82. The Morgan fingerprint density at radius 1 is 1.62 bits per heavy atom. The van der Waals surface area contributed by atoms with Crippen LogP contribution < -0.4 is 5.73 Å². The molecule has 0 radical (unpaired) electrons. The summed E-state index contributed by atoms with van der Waals surface area (Å²) in [7, 11) is 2.12. The van der Waals surface area contributed by atoms with Crippen LogP contribution in [0.15, 0.2) is 6.20 Å². The molecule has 13 heavy (non-hydrogen) atoms. The second-order valence-corrected chi connectivity index (χ2v) is 3.82. The third kappa shape index (κ3) is 1.75. The van der Waals surface area contributed by atoms with Crippen molar-refractivity contribution >= 4 is 0 Å². The third-order valence-electron chi connectivity index (χ3n) is 2.72. The van der Waals surface area contributed by atoms with Crippen LogP contribution in [-0.2, 0) is 13.5 Å². The van der Waals surface area contributed by atoms with Crippen LogP contribution in [-0.4, -0.2) is 16.1 Å². The van der Waals surface area contributed by atoms with Gasteiger partial charge < -0.3 is 10.3 Å². The van der Waals surface area contributed by atoms with Crippen LogP contribution in [0.1, 0.15) is 36.7 Å². The maximum atomic E-state index is 5.47. The first-order valence-electron chi connectivity index (χ1n) is 5.03. The summed E-state index contributed by atoms with van der Waals surface area (Å²) in [5.41, 5.74) is 6.88. The maximum absolute atomic E-state index is 5.47. The number of aromatic nitrogens is 2. The van der Waals surface area contributed by atoms with E-state index in [0.717, 1.165) is 25.3 Å². The number of nitrogens with two attached hydrogens (primary N) is 1. The van der Waals surface area contributed by atoms with Crippen LogP contribution in [0.5, 0.6) is 0 Å². The summed E-state index contributed by atoms with van der Waals surface area (Å²) in [6.07, 6.45) is 6.77. The molecule has 0 spiro atoms. The summed E-state index contributed by atoms with van der Waals surface area (Å²) < 4.78 is 2.24. The molecule has 0 saturated heterocycles. The van der Waals surface area contributed by atoms with Crippen LogP contribution in [0.25, 0.3) is 0 Å². The molecule has 1 saturated carbocycles. The number of hydrogen-bond donors (Lipinski definition) is 1. The fraction of sp³-hybridized carbons (Fsp3) is 0.700. The monoisotopic (exact) mass is 179 g/mol. The normalized spacial score (nSPS) is 16.5. The molecule has 0 atom stereocenters. The molecule has 3 heteroatoms. The topological polar surface area (TPSA) is 43.8 Å². The molecule has 0 unspecified atom stereocenters. The van der Waals surface area contributed by atoms with Crippen LogP contribution >= 0.6 is 0 Å². The van der Waals surface area contributed by atoms with Gasteiger partial charge in [0.1, 0.15) is 5.82 Å². The molecule has 1 aliphatic carbocycles. The lowest BCUT2D eigenvalue weighted by atomic mass is 10.3. The van der Waals surface area contributed by atoms with Gasteiger partial charge in [-0.05, 0) is 25.8 Å². The lowest BCUT2D eigenvalue weighted by Gasteiger charge is -2.03. The van der Waals surface area contributed by atoms with Crippen LogP contribution in [0.3, 0.4) is 0 Å². The molecule has 0 amide bonds. The van der Waals surface area contributed by atoms with E-state index in [9.17, 15) is 0 Å². The highest BCUT2D eigenvalue weighted by molar-refractivity contribution is 5.15. The molecule has 2 rings (SSSR count). The van der Waals surface area contributed by atoms with E-state index in [2.05, 4.69) is 16.6 Å². The highest BCUT2D eigenvalue weighted by atomic mass is 15.1. The summed E-state index contributed by atoms with van der Waals surface area (Å²) >= 11 is 0. The molecular weight excluding hydrogens is 162 g/mol. The highest BCUT2D eigenvalue weighted by Crippen LogP contribution is 2.39. The molecule has 1 aromatic heterocycles. The van der Waals surface area contributed by atoms with Gasteiger partial charge in [0, 0.05) is 31.3 Å². The lowest BCUT2D eigenvalue weighted by molar-refractivity contribution is 0.709. The molecular formula is C10H17N3. The molecule has 0 bridgehead atoms. The molecule has 1 aromatic rings. The van der Waals surface area contributed by atoms with Gasteiger partial charge in [0.05, 0.1) is 0 Å². The zero-order chi connectivity index (χ0) is 9.26. The third-order valence-corrected chi connectivity index (χ3v) is 2.72. The van der Waals surface area contributed by atoms with E-state index in [1.807, 2.05) is 6.20 Å². The molecule has 1 heterocycles. The van der Waals surface area contributed by atoms with E-state index in [4.69, 9.17) is 5.73 Å². The largest absolute Gasteiger partial charge is 0.335 e. The van der Waals surface area contributed by atoms with E-state index in [0.29, 0.717) is 0 Å². The van der Waals surface area contributed by atoms with Crippen molar-refractivity contribution in [3.63, 3.8) is 0 Å². The lowest BCUT2D eigenvalue weighted by Crippen LogP contribution is -2.05. The van der Waals surface area contributed by atoms with Gasteiger partial charge in [-0.15, -0.1) is 0 Å². The van der Waals surface area contributed by atoms with Gasteiger partial charge in [-0.3, -0.25) is 0 Å². The molecule has 1 fully saturated rings. The van der Waals surface area contributed by atoms with Crippen molar-refractivity contribution in [1.82, 2.24) is 9.55 Å². The molecule has 2 N–H and O–H groups in total. The Labute approximate surface area is 79.0 Å². The smallest absolute Gasteiger partial charge is 0.108 e. The minimum Gasteiger partial charge on any atom is -0.335 e. The van der Waals surface area contributed by atoms with Gasteiger partial charge in [-0.1, -0.05) is 0 Å². The number of rotatable bonds is 4. The van der Waals surface area contributed by atoms with Crippen molar-refractivity contribution in [3.8, 4) is 0 Å². The van der Waals surface area contributed by atoms with Gasteiger partial charge in [0.2, 0.25) is 0 Å². The van der Waals surface area contributed by atoms with Gasteiger partial charge in [0.15, 0.2) is 0 Å². The summed E-state index contributed by atoms with van der Waals surface area (Å²) in [6, 6.07) is 0. The van der Waals surface area contributed by atoms with Crippen LogP contribution in [0.4, 0.5) is 0 Å². The SMILES string of the molecule is Cn1c(C2CC2)cnc1CCCN. The first-order valence-corrected chi connectivity index (χ1v) is 5.03. The molecule has 1 aliphatic rings. The molecule has 0 aliphatic heterocycles. The average molecular weight is 179 g/mol. The summed E-state index contributed by atoms with van der Waals surface area (Å²) in [6.45, 7) is 0.756. The Balaban J connectivity index is 2.08. The van der Waals surface area contributed by atoms with Crippen molar-refractivity contribution in [2.75, 3.05) is 6.54 Å². The fourth-order valence-corrected chi connectivity index (χ4v) is 1.71. The fourth-order valence-electron chi connectivity index (χ4n) is 1.71. The van der Waals surface area contributed by atoms with Crippen molar-refractivity contribution < 1.29 is 0 Å². The predicted octanol–water partition coefficient (Wildman–Crippen LogP) is 1.19. The average Bonchev–Trinajstić information content (AvgIpc) is 2.89. The van der Waals surface area contributed by atoms with Crippen molar-refractivity contribution in [1.29, 1.82) is 0 Å². The van der Waals surface area contributed by atoms with Crippen molar-refractivity contribution in [2.24, 2.45) is 12.8 Å². The van der Waals surface area contributed by atoms with Crippen molar-refractivity contribution in [3.05, 3.63) is 17.7 Å². The Morgan fingerprint density at radius 2 is 2.38 bits per heavy atom. The zero-order valence-corrected chi connectivity index (χ0v) is 8.16. The van der Waals surface area contributed by atoms with Crippen LogP contribution in [0, 0.1) is 0 Å². The maximum Gasteiger partial charge on any atom is 0.108 e. The summed E-state index contributed by atoms with van der Waals surface area (Å²) in [4.78, 5) is 4.42. The predicted molar refractivity (Wildman–Crippen MR) is 52.6 cm³/mol. The number of aryl methyl sites for hydroxylation is 1. The van der Waals surface area contributed by atoms with Gasteiger partial charge in [0.25, 0.3) is 0 Å². The highest BCUT2D eigenvalue weighted by Gasteiger charge is 2.26. The van der Waals surface area contributed by atoms with E-state index >= 15 is 0 Å². The van der Waals surface area contributed by atoms with Crippen LogP contribution in [0.2, 0.25) is 0 Å². The summed E-state index contributed by atoms with van der Waals surface area (Å²) in [5, 5.41) is 0. The number of hydrogen-bond acceptors (Lipinski definition) is 2. The zero-order valence-electron chi connectivity index (χ0n) is 8.16. The summed E-state index contributed by atoms with van der Waals surface area (Å²) in [5.74, 6) is 1.98. The van der Waals surface area contributed by atoms with Gasteiger partial charge in [-0.25, -0.2) is 4.98 Å². The van der Waals surface area contributed by atoms with E-state index in [1.165, 1.54) is 24.4 Å². The number of imidazole rings is 1. The standard InChI is InChI=1S/C10H17N3/c1-13-9(8-4-5-8)7-12-10(13)3-2-6-11/h7-8H,2-6,11H2,1H3. The molecule has 3 nitrogen and oxygen atoms in total. The molecule has 0 aromatic carbocycles. The Morgan fingerprint density at radius 3 is 3.00 bits per heavy atom. The first kappa shape index (κ1) is 8.75. The first-order chi connectivity index (χ1) is 6.33. The van der Waals surface area contributed by atoms with E-state index in [-0.39, 0.29) is 0 Å². The van der Waals surface area contributed by atoms with E-state index < -0.39 is 0 Å². The Hall–Kier alpha value is -0.830.